The van der Waals surface area contributed by atoms with E-state index in [9.17, 15) is 4.79 Å². The molecule has 1 aliphatic rings. The van der Waals surface area contributed by atoms with E-state index in [1.165, 1.54) is 0 Å². The van der Waals surface area contributed by atoms with Gasteiger partial charge in [0.15, 0.2) is 5.58 Å². The fourth-order valence-electron chi connectivity index (χ4n) is 4.74. The van der Waals surface area contributed by atoms with Gasteiger partial charge in [0.1, 0.15) is 11.5 Å². The van der Waals surface area contributed by atoms with E-state index < -0.39 is 0 Å². The number of nitrogens with two attached hydrogens (primary N) is 1. The van der Waals surface area contributed by atoms with Crippen molar-refractivity contribution in [3.05, 3.63) is 95.0 Å². The zero-order valence-corrected chi connectivity index (χ0v) is 18.9. The normalized spacial score (nSPS) is 14.8. The number of hydrogen-bond donors (Lipinski definition) is 1. The molecule has 3 aromatic heterocycles. The van der Waals surface area contributed by atoms with Crippen molar-refractivity contribution in [2.75, 3.05) is 0 Å². The molecule has 2 N–H and O–H groups in total. The Bertz CT molecular complexity index is 1560. The molecule has 5 aromatic rings. The largest absolute Gasteiger partial charge is 0.453 e. The van der Waals surface area contributed by atoms with Crippen LogP contribution in [0.5, 0.6) is 0 Å². The Morgan fingerprint density at radius 2 is 1.74 bits per heavy atom. The first-order valence-corrected chi connectivity index (χ1v) is 11.4. The van der Waals surface area contributed by atoms with Gasteiger partial charge in [-0.2, -0.15) is 5.10 Å². The van der Waals surface area contributed by atoms with E-state index in [4.69, 9.17) is 10.2 Å². The highest BCUT2D eigenvalue weighted by molar-refractivity contribution is 5.95. The molecule has 6 heteroatoms. The molecule has 1 aliphatic carbocycles. The molecule has 1 saturated carbocycles. The quantitative estimate of drug-likeness (QED) is 0.405. The minimum atomic E-state index is -0.251. The first-order chi connectivity index (χ1) is 16.5. The SMILES string of the molecule is Cn1cc(-c2nccc3c(=O)c(-c4ccc(C5(N)CCC5)cc4)c(-c4ccccc4)oc23)cn1. The molecule has 0 unspecified atom stereocenters. The van der Waals surface area contributed by atoms with Gasteiger partial charge >= 0.3 is 0 Å². The van der Waals surface area contributed by atoms with Crippen LogP contribution < -0.4 is 11.2 Å². The second-order valence-corrected chi connectivity index (χ2v) is 9.03. The second kappa shape index (κ2) is 7.78. The number of pyridine rings is 1. The van der Waals surface area contributed by atoms with E-state index in [-0.39, 0.29) is 11.0 Å². The highest BCUT2D eigenvalue weighted by atomic mass is 16.3. The van der Waals surface area contributed by atoms with Gasteiger partial charge in [0.25, 0.3) is 0 Å². The van der Waals surface area contributed by atoms with E-state index in [2.05, 4.69) is 10.1 Å². The Kier molecular flexibility index (Phi) is 4.71. The fraction of sp³-hybridized carbons (Fsp3) is 0.179. The molecule has 6 rings (SSSR count). The van der Waals surface area contributed by atoms with Crippen molar-refractivity contribution in [1.29, 1.82) is 0 Å². The number of aryl methyl sites for hydroxylation is 1. The zero-order chi connectivity index (χ0) is 23.3. The monoisotopic (exact) mass is 448 g/mol. The van der Waals surface area contributed by atoms with Gasteiger partial charge in [-0.3, -0.25) is 14.5 Å². The van der Waals surface area contributed by atoms with Crippen molar-refractivity contribution < 1.29 is 4.42 Å². The lowest BCUT2D eigenvalue weighted by molar-refractivity contribution is 0.253. The predicted octanol–water partition coefficient (Wildman–Crippen LogP) is 5.26. The van der Waals surface area contributed by atoms with Gasteiger partial charge in [-0.1, -0.05) is 54.6 Å². The Hall–Kier alpha value is -4.03. The van der Waals surface area contributed by atoms with Gasteiger partial charge < -0.3 is 10.2 Å². The molecule has 0 aliphatic heterocycles. The summed E-state index contributed by atoms with van der Waals surface area (Å²) in [7, 11) is 1.84. The maximum atomic E-state index is 13.9. The third-order valence-corrected chi connectivity index (χ3v) is 6.82. The van der Waals surface area contributed by atoms with E-state index in [1.54, 1.807) is 23.1 Å². The lowest BCUT2D eigenvalue weighted by atomic mass is 9.72. The van der Waals surface area contributed by atoms with Crippen molar-refractivity contribution >= 4 is 11.0 Å². The van der Waals surface area contributed by atoms with Gasteiger partial charge in [-0.15, -0.1) is 0 Å². The van der Waals surface area contributed by atoms with E-state index >= 15 is 0 Å². The molecule has 6 nitrogen and oxygen atoms in total. The standard InChI is InChI=1S/C28H24N4O2/c1-32-17-20(16-31-32)24-27-22(12-15-30-24)25(33)23(26(34-27)19-6-3-2-4-7-19)18-8-10-21(11-9-18)28(29)13-5-14-28/h2-4,6-12,15-17H,5,13-14,29H2,1H3. The van der Waals surface area contributed by atoms with Crippen molar-refractivity contribution in [3.63, 3.8) is 0 Å². The summed E-state index contributed by atoms with van der Waals surface area (Å²) in [5.74, 6) is 0.523. The van der Waals surface area contributed by atoms with Gasteiger partial charge in [0.2, 0.25) is 5.43 Å². The number of nitrogens with zero attached hydrogens (tertiary/aromatic N) is 3. The van der Waals surface area contributed by atoms with Crippen LogP contribution in [0.2, 0.25) is 0 Å². The van der Waals surface area contributed by atoms with Crippen LogP contribution in [-0.4, -0.2) is 14.8 Å². The molecule has 3 heterocycles. The van der Waals surface area contributed by atoms with Crippen LogP contribution in [0, 0.1) is 0 Å². The third kappa shape index (κ3) is 3.26. The van der Waals surface area contributed by atoms with Gasteiger partial charge in [-0.25, -0.2) is 0 Å². The maximum Gasteiger partial charge on any atom is 0.201 e. The van der Waals surface area contributed by atoms with Crippen LogP contribution in [0.4, 0.5) is 0 Å². The summed E-state index contributed by atoms with van der Waals surface area (Å²) in [4.78, 5) is 18.5. The van der Waals surface area contributed by atoms with Crippen LogP contribution in [0.3, 0.4) is 0 Å². The van der Waals surface area contributed by atoms with E-state index in [1.807, 2.05) is 67.8 Å². The first-order valence-electron chi connectivity index (χ1n) is 11.4. The average molecular weight is 449 g/mol. The summed E-state index contributed by atoms with van der Waals surface area (Å²) in [5.41, 5.74) is 11.3. The third-order valence-electron chi connectivity index (χ3n) is 6.82. The molecular formula is C28H24N4O2. The van der Waals surface area contributed by atoms with Crippen molar-refractivity contribution in [2.24, 2.45) is 12.8 Å². The number of fused-ring (bicyclic) bond motifs is 1. The van der Waals surface area contributed by atoms with E-state index in [0.29, 0.717) is 28.0 Å². The number of rotatable bonds is 4. The van der Waals surface area contributed by atoms with Crippen LogP contribution in [0.1, 0.15) is 24.8 Å². The molecule has 0 saturated heterocycles. The highest BCUT2D eigenvalue weighted by Crippen LogP contribution is 2.40. The second-order valence-electron chi connectivity index (χ2n) is 9.03. The summed E-state index contributed by atoms with van der Waals surface area (Å²) in [5, 5.41) is 4.74. The van der Waals surface area contributed by atoms with E-state index in [0.717, 1.165) is 41.5 Å². The van der Waals surface area contributed by atoms with Gasteiger partial charge in [-0.05, 0) is 36.5 Å². The fourth-order valence-corrected chi connectivity index (χ4v) is 4.74. The Balaban J connectivity index is 1.61. The molecule has 168 valence electrons. The molecule has 0 atom stereocenters. The number of hydrogen-bond acceptors (Lipinski definition) is 5. The minimum Gasteiger partial charge on any atom is -0.453 e. The first kappa shape index (κ1) is 20.6. The minimum absolute atomic E-state index is 0.0912. The molecule has 2 aromatic carbocycles. The van der Waals surface area contributed by atoms with Crippen molar-refractivity contribution in [1.82, 2.24) is 14.8 Å². The number of benzene rings is 2. The van der Waals surface area contributed by atoms with Crippen LogP contribution >= 0.6 is 0 Å². The molecule has 0 bridgehead atoms. The molecule has 34 heavy (non-hydrogen) atoms. The maximum absolute atomic E-state index is 13.9. The lowest BCUT2D eigenvalue weighted by Crippen LogP contribution is -2.43. The lowest BCUT2D eigenvalue weighted by Gasteiger charge is -2.38. The average Bonchev–Trinajstić information content (AvgIpc) is 3.29. The van der Waals surface area contributed by atoms with Gasteiger partial charge in [0, 0.05) is 36.1 Å². The van der Waals surface area contributed by atoms with Crippen molar-refractivity contribution in [3.8, 4) is 33.7 Å². The summed E-state index contributed by atoms with van der Waals surface area (Å²) in [6.45, 7) is 0. The predicted molar refractivity (Wildman–Crippen MR) is 133 cm³/mol. The summed E-state index contributed by atoms with van der Waals surface area (Å²) in [6, 6.07) is 19.5. The molecule has 0 amide bonds. The molecule has 1 fully saturated rings. The van der Waals surface area contributed by atoms with Crippen LogP contribution in [0.25, 0.3) is 44.7 Å². The van der Waals surface area contributed by atoms with Crippen LogP contribution in [-0.2, 0) is 12.6 Å². The Labute approximate surface area is 196 Å². The molecule has 0 radical (unpaired) electrons. The zero-order valence-electron chi connectivity index (χ0n) is 18.9. The van der Waals surface area contributed by atoms with Gasteiger partial charge in [0.05, 0.1) is 17.1 Å². The van der Waals surface area contributed by atoms with Crippen LogP contribution in [0.15, 0.2) is 88.5 Å². The Morgan fingerprint density at radius 1 is 0.971 bits per heavy atom. The molecular weight excluding hydrogens is 424 g/mol. The highest BCUT2D eigenvalue weighted by Gasteiger charge is 2.34. The summed E-state index contributed by atoms with van der Waals surface area (Å²) >= 11 is 0. The topological polar surface area (TPSA) is 86.9 Å². The van der Waals surface area contributed by atoms with Crippen molar-refractivity contribution in [2.45, 2.75) is 24.8 Å². The molecule has 0 spiro atoms. The summed E-state index contributed by atoms with van der Waals surface area (Å²) in [6.07, 6.45) is 8.36. The Morgan fingerprint density at radius 3 is 2.38 bits per heavy atom. The summed E-state index contributed by atoms with van der Waals surface area (Å²) < 4.78 is 8.22. The smallest absolute Gasteiger partial charge is 0.201 e. The number of aromatic nitrogens is 3.